The Labute approximate surface area is 282 Å². The van der Waals surface area contributed by atoms with Crippen LogP contribution in [0.3, 0.4) is 0 Å². The predicted octanol–water partition coefficient (Wildman–Crippen LogP) is 9.37. The molecule has 0 fully saturated rings. The van der Waals surface area contributed by atoms with E-state index < -0.39 is 15.4 Å². The minimum absolute atomic E-state index is 0. The maximum Gasteiger partial charge on any atom is -0.147 e. The SMILES string of the molecule is CCc1ccc(C2=CC[C]([Hf](=[GeH2])([C]3=C(C)C(c4ccc(CC)cc4)=CC3)([c]3ccccc3)[c]3ccccc3)=C2C)cc1.Cl.Cl. The van der Waals surface area contributed by atoms with Gasteiger partial charge in [-0.25, -0.2) is 0 Å². The number of halogens is 2. The van der Waals surface area contributed by atoms with E-state index in [1.54, 1.807) is 13.3 Å². The van der Waals surface area contributed by atoms with E-state index in [0.29, 0.717) is 0 Å². The van der Waals surface area contributed by atoms with Gasteiger partial charge in [-0.1, -0.05) is 0 Å². The van der Waals surface area contributed by atoms with E-state index in [0.717, 1.165) is 25.7 Å². The van der Waals surface area contributed by atoms with Crippen molar-refractivity contribution in [3.63, 3.8) is 0 Å². The van der Waals surface area contributed by atoms with Gasteiger partial charge in [-0.2, -0.15) is 0 Å². The summed E-state index contributed by atoms with van der Waals surface area (Å²) in [5, 5.41) is 0. The summed E-state index contributed by atoms with van der Waals surface area (Å²) in [6.45, 7) is 9.34. The van der Waals surface area contributed by atoms with Crippen LogP contribution in [-0.4, -0.2) is 12.2 Å². The van der Waals surface area contributed by atoms with E-state index in [2.05, 4.69) is 149 Å². The molecule has 2 aliphatic rings. The summed E-state index contributed by atoms with van der Waals surface area (Å²) in [6.07, 6.45) is 9.34. The van der Waals surface area contributed by atoms with Crippen LogP contribution in [0.4, 0.5) is 0 Å². The Hall–Kier alpha value is -2.17. The van der Waals surface area contributed by atoms with E-state index in [1.807, 2.05) is 0 Å². The van der Waals surface area contributed by atoms with Crippen molar-refractivity contribution >= 4 is 54.8 Å². The van der Waals surface area contributed by atoms with Gasteiger partial charge < -0.3 is 0 Å². The monoisotopic (exact) mass is 848 g/mol. The second-order valence-electron chi connectivity index (χ2n) is 12.1. The normalized spacial score (nSPS) is 15.0. The van der Waals surface area contributed by atoms with E-state index in [1.165, 1.54) is 56.8 Å². The number of rotatable bonds is 8. The first-order chi connectivity index (χ1) is 20.4. The summed E-state index contributed by atoms with van der Waals surface area (Å²) in [7, 11) is 0. The fourth-order valence-electron chi connectivity index (χ4n) is 7.79. The third kappa shape index (κ3) is 5.57. The topological polar surface area (TPSA) is 0 Å². The van der Waals surface area contributed by atoms with Crippen LogP contribution in [0.1, 0.15) is 62.8 Å². The molecule has 0 nitrogen and oxygen atoms in total. The molecule has 0 spiro atoms. The molecule has 0 bridgehead atoms. The number of hydrogen-bond acceptors (Lipinski definition) is 0. The number of benzene rings is 4. The molecule has 0 N–H and O–H groups in total. The summed E-state index contributed by atoms with van der Waals surface area (Å²) >= 11 is -3.15. The second kappa shape index (κ2) is 14.1. The van der Waals surface area contributed by atoms with Gasteiger partial charge in [-0.3, -0.25) is 0 Å². The molecule has 4 aromatic carbocycles. The molecular formula is C40H44Cl2GeHf. The van der Waals surface area contributed by atoms with Gasteiger partial charge in [0.1, 0.15) is 0 Å². The van der Waals surface area contributed by atoms with Crippen LogP contribution in [0.5, 0.6) is 0 Å². The summed E-state index contributed by atoms with van der Waals surface area (Å²) in [5.41, 5.74) is 11.4. The van der Waals surface area contributed by atoms with Crippen LogP contribution in [-0.2, 0) is 28.2 Å². The Balaban J connectivity index is 0.00000221. The molecule has 4 heteroatoms. The molecule has 0 aromatic heterocycles. The molecule has 226 valence electrons. The molecule has 2 aliphatic carbocycles. The third-order valence-electron chi connectivity index (χ3n) is 10.2. The molecule has 0 unspecified atom stereocenters. The molecule has 0 saturated heterocycles. The van der Waals surface area contributed by atoms with Crippen molar-refractivity contribution in [3.8, 4) is 0 Å². The first-order valence-electron chi connectivity index (χ1n) is 15.5. The number of aryl methyl sites for hydroxylation is 2. The molecule has 0 radical (unpaired) electrons. The Morgan fingerprint density at radius 1 is 0.523 bits per heavy atom. The largest absolute Gasteiger partial charge is 0.147 e. The average molecular weight is 847 g/mol. The first-order valence-corrected chi connectivity index (χ1v) is 37.4. The molecule has 4 aromatic rings. The van der Waals surface area contributed by atoms with E-state index >= 15 is 0 Å². The Bertz CT molecular complexity index is 1690. The fourth-order valence-corrected chi connectivity index (χ4v) is 55.0. The molecule has 44 heavy (non-hydrogen) atoms. The zero-order chi connectivity index (χ0) is 29.3. The van der Waals surface area contributed by atoms with Gasteiger partial charge in [0, 0.05) is 0 Å². The minimum atomic E-state index is -4.44. The third-order valence-corrected chi connectivity index (χ3v) is 64.2. The van der Waals surface area contributed by atoms with Crippen LogP contribution in [0.2, 0.25) is 0 Å². The molecule has 0 aliphatic heterocycles. The molecule has 0 amide bonds. The number of hydrogen-bond donors (Lipinski definition) is 0. The fraction of sp³-hybridized carbons (Fsp3) is 0.200. The molecule has 0 heterocycles. The predicted molar refractivity (Wildman–Crippen MR) is 197 cm³/mol. The smallest absolute Gasteiger partial charge is 0.147 e. The van der Waals surface area contributed by atoms with Gasteiger partial charge in [-0.15, -0.1) is 24.8 Å². The van der Waals surface area contributed by atoms with Crippen LogP contribution in [0, 0.1) is 0 Å². The van der Waals surface area contributed by atoms with Crippen molar-refractivity contribution in [1.29, 1.82) is 0 Å². The van der Waals surface area contributed by atoms with Gasteiger partial charge in [0.2, 0.25) is 0 Å². The van der Waals surface area contributed by atoms with E-state index in [9.17, 15) is 0 Å². The second-order valence-corrected chi connectivity index (χ2v) is 55.4. The Morgan fingerprint density at radius 2 is 0.864 bits per heavy atom. The van der Waals surface area contributed by atoms with Gasteiger partial charge in [0.25, 0.3) is 0 Å². The van der Waals surface area contributed by atoms with Crippen molar-refractivity contribution in [2.45, 2.75) is 53.4 Å². The van der Waals surface area contributed by atoms with Crippen molar-refractivity contribution in [2.24, 2.45) is 0 Å². The van der Waals surface area contributed by atoms with Crippen LogP contribution < -0.4 is 6.64 Å². The molecule has 6 rings (SSSR count). The standard InChI is InChI=1S/2C14H15.2C6H5.2ClH.GeH2.Hf/c2*1-3-12-7-9-13(10-8-12)14-6-4-5-11(14)2;2*1-2-4-6-5-3-1;;;;/h2*6-10H,3-4H2,1-2H3;2*1-5H;2*1H;1H2;. The molecule has 0 atom stereocenters. The first kappa shape index (κ1) is 34.7. The molecular weight excluding hydrogens is 802 g/mol. The van der Waals surface area contributed by atoms with Crippen molar-refractivity contribution in [3.05, 3.63) is 161 Å². The quantitative estimate of drug-likeness (QED) is 0.155. The van der Waals surface area contributed by atoms with Gasteiger partial charge in [0.05, 0.1) is 0 Å². The zero-order valence-electron chi connectivity index (χ0n) is 26.4. The minimum Gasteiger partial charge on any atom is -0.147 e. The zero-order valence-corrected chi connectivity index (χ0v) is 34.6. The van der Waals surface area contributed by atoms with E-state index in [4.69, 9.17) is 0 Å². The van der Waals surface area contributed by atoms with Gasteiger partial charge >= 0.3 is 260 Å². The summed E-state index contributed by atoms with van der Waals surface area (Å²) < 4.78 is 6.72. The Kier molecular flexibility index (Phi) is 11.1. The van der Waals surface area contributed by atoms with Crippen LogP contribution in [0.25, 0.3) is 11.1 Å². The molecule has 0 saturated carbocycles. The van der Waals surface area contributed by atoms with Gasteiger partial charge in [0.15, 0.2) is 0 Å². The average Bonchev–Trinajstić information content (AvgIpc) is 3.65. The van der Waals surface area contributed by atoms with Crippen molar-refractivity contribution in [2.75, 3.05) is 0 Å². The van der Waals surface area contributed by atoms with Crippen molar-refractivity contribution in [1.82, 2.24) is 0 Å². The summed E-state index contributed by atoms with van der Waals surface area (Å²) in [6, 6.07) is 42.1. The van der Waals surface area contributed by atoms with Crippen LogP contribution in [0.15, 0.2) is 139 Å². The van der Waals surface area contributed by atoms with Crippen molar-refractivity contribution < 1.29 is 15.4 Å². The van der Waals surface area contributed by atoms with Crippen LogP contribution >= 0.6 is 24.8 Å². The Morgan fingerprint density at radius 3 is 1.18 bits per heavy atom. The number of allylic oxidation sites excluding steroid dienone is 8. The summed E-state index contributed by atoms with van der Waals surface area (Å²) in [4.78, 5) is 0. The summed E-state index contributed by atoms with van der Waals surface area (Å²) in [5.74, 6) is 0. The van der Waals surface area contributed by atoms with E-state index in [-0.39, 0.29) is 24.8 Å². The maximum absolute atomic E-state index is 4.44. The maximum atomic E-state index is 2.55. The van der Waals surface area contributed by atoms with Gasteiger partial charge in [-0.05, 0) is 0 Å².